The molecule has 0 aliphatic heterocycles. The first-order valence-corrected chi connectivity index (χ1v) is 9.21. The molecule has 0 heterocycles. The van der Waals surface area contributed by atoms with E-state index >= 15 is 0 Å². The molecule has 2 rings (SSSR count). The molecule has 0 aliphatic rings. The van der Waals surface area contributed by atoms with E-state index in [9.17, 15) is 23.1 Å². The molecule has 0 unspecified atom stereocenters. The minimum atomic E-state index is -3.67. The third kappa shape index (κ3) is 5.54. The highest BCUT2D eigenvalue weighted by atomic mass is 32.2. The number of rotatable bonds is 8. The van der Waals surface area contributed by atoms with Crippen molar-refractivity contribution >= 4 is 27.5 Å². The largest absolute Gasteiger partial charge is 0.507 e. The summed E-state index contributed by atoms with van der Waals surface area (Å²) in [6.45, 7) is -0.152. The number of sulfonamides is 1. The molecule has 136 valence electrons. The van der Waals surface area contributed by atoms with Crippen molar-refractivity contribution in [2.24, 2.45) is 0 Å². The summed E-state index contributed by atoms with van der Waals surface area (Å²) in [5.41, 5.74) is 0.407. The predicted octanol–water partition coefficient (Wildman–Crippen LogP) is 1.25. The second kappa shape index (κ2) is 8.93. The molecule has 7 nitrogen and oxygen atoms in total. The lowest BCUT2D eigenvalue weighted by molar-refractivity contribution is -0.135. The highest BCUT2D eigenvalue weighted by Gasteiger charge is 2.14. The molecule has 8 heteroatoms. The van der Waals surface area contributed by atoms with E-state index in [0.29, 0.717) is 5.56 Å². The van der Waals surface area contributed by atoms with E-state index in [1.54, 1.807) is 48.5 Å². The van der Waals surface area contributed by atoms with Crippen LogP contribution in [0.1, 0.15) is 5.56 Å². The third-order valence-electron chi connectivity index (χ3n) is 3.32. The van der Waals surface area contributed by atoms with Crippen molar-refractivity contribution < 1.29 is 23.1 Å². The molecule has 0 radical (unpaired) electrons. The summed E-state index contributed by atoms with van der Waals surface area (Å²) in [5.74, 6) is -2.20. The fourth-order valence-electron chi connectivity index (χ4n) is 2.01. The number of benzene rings is 2. The van der Waals surface area contributed by atoms with E-state index in [1.807, 2.05) is 0 Å². The molecule has 0 atom stereocenters. The van der Waals surface area contributed by atoms with Gasteiger partial charge in [-0.2, -0.15) is 0 Å². The Morgan fingerprint density at radius 2 is 1.50 bits per heavy atom. The average Bonchev–Trinajstić information content (AvgIpc) is 2.66. The summed E-state index contributed by atoms with van der Waals surface area (Å²) in [4.78, 5) is 23.6. The summed E-state index contributed by atoms with van der Waals surface area (Å²) in [7, 11) is -3.67. The number of amides is 1. The standard InChI is InChI=1S/C18H18N2O5S/c21-16(14-7-3-1-4-8-14)13-17(22)18(23)19-11-12-20-26(24,25)15-9-5-2-6-10-15/h1-10,13,20-21H,11-12H2,(H,19,23)/b16-13-. The van der Waals surface area contributed by atoms with Crippen molar-refractivity contribution in [2.75, 3.05) is 13.1 Å². The number of aliphatic hydroxyl groups is 1. The summed E-state index contributed by atoms with van der Waals surface area (Å²) in [6, 6.07) is 16.1. The number of hydrogen-bond acceptors (Lipinski definition) is 5. The van der Waals surface area contributed by atoms with Crippen LogP contribution < -0.4 is 10.0 Å². The summed E-state index contributed by atoms with van der Waals surface area (Å²) >= 11 is 0. The first kappa shape index (κ1) is 19.4. The van der Waals surface area contributed by atoms with Gasteiger partial charge in [0, 0.05) is 24.7 Å². The van der Waals surface area contributed by atoms with Gasteiger partial charge >= 0.3 is 0 Å². The Morgan fingerprint density at radius 1 is 0.923 bits per heavy atom. The lowest BCUT2D eigenvalue weighted by Gasteiger charge is -2.07. The van der Waals surface area contributed by atoms with Crippen LogP contribution in [0, 0.1) is 0 Å². The van der Waals surface area contributed by atoms with Crippen molar-refractivity contribution in [3.05, 3.63) is 72.3 Å². The van der Waals surface area contributed by atoms with Crippen LogP contribution in [-0.2, 0) is 19.6 Å². The molecule has 26 heavy (non-hydrogen) atoms. The third-order valence-corrected chi connectivity index (χ3v) is 4.79. The van der Waals surface area contributed by atoms with Gasteiger partial charge in [0.2, 0.25) is 15.8 Å². The lowest BCUT2D eigenvalue weighted by atomic mass is 10.1. The van der Waals surface area contributed by atoms with Crippen molar-refractivity contribution in [1.82, 2.24) is 10.0 Å². The quantitative estimate of drug-likeness (QED) is 0.279. The van der Waals surface area contributed by atoms with Gasteiger partial charge in [-0.15, -0.1) is 0 Å². The highest BCUT2D eigenvalue weighted by molar-refractivity contribution is 7.89. The molecule has 0 fully saturated rings. The molecule has 0 saturated carbocycles. The second-order valence-electron chi connectivity index (χ2n) is 5.23. The van der Waals surface area contributed by atoms with Gasteiger partial charge < -0.3 is 10.4 Å². The van der Waals surface area contributed by atoms with E-state index in [4.69, 9.17) is 0 Å². The van der Waals surface area contributed by atoms with Crippen molar-refractivity contribution in [3.8, 4) is 0 Å². The minimum absolute atomic E-state index is 0.0728. The zero-order chi connectivity index (χ0) is 19.0. The molecular weight excluding hydrogens is 356 g/mol. The zero-order valence-electron chi connectivity index (χ0n) is 13.8. The molecule has 3 N–H and O–H groups in total. The van der Waals surface area contributed by atoms with Crippen molar-refractivity contribution in [2.45, 2.75) is 4.90 Å². The topological polar surface area (TPSA) is 113 Å². The summed E-state index contributed by atoms with van der Waals surface area (Å²) in [5, 5.41) is 12.1. The van der Waals surface area contributed by atoms with E-state index in [2.05, 4.69) is 10.0 Å². The number of carbonyl (C=O) groups is 2. The van der Waals surface area contributed by atoms with Crippen LogP contribution in [0.3, 0.4) is 0 Å². The second-order valence-corrected chi connectivity index (χ2v) is 6.99. The van der Waals surface area contributed by atoms with Crippen LogP contribution in [0.15, 0.2) is 71.6 Å². The van der Waals surface area contributed by atoms with Crippen LogP contribution in [0.25, 0.3) is 5.76 Å². The Labute approximate surface area is 151 Å². The molecule has 2 aromatic carbocycles. The molecule has 0 saturated heterocycles. The number of hydrogen-bond donors (Lipinski definition) is 3. The molecule has 0 spiro atoms. The average molecular weight is 374 g/mol. The molecule has 1 amide bonds. The molecule has 0 aromatic heterocycles. The maximum Gasteiger partial charge on any atom is 0.291 e. The van der Waals surface area contributed by atoms with E-state index < -0.39 is 21.7 Å². The number of ketones is 1. The van der Waals surface area contributed by atoms with Gasteiger partial charge in [0.25, 0.3) is 5.91 Å². The Hall–Kier alpha value is -2.97. The van der Waals surface area contributed by atoms with E-state index in [-0.39, 0.29) is 23.7 Å². The number of carbonyl (C=O) groups excluding carboxylic acids is 2. The maximum atomic E-state index is 12.0. The fraction of sp³-hybridized carbons (Fsp3) is 0.111. The monoisotopic (exact) mass is 374 g/mol. The van der Waals surface area contributed by atoms with Gasteiger partial charge in [-0.05, 0) is 12.1 Å². The van der Waals surface area contributed by atoms with Gasteiger partial charge in [-0.3, -0.25) is 9.59 Å². The molecule has 2 aromatic rings. The lowest BCUT2D eigenvalue weighted by Crippen LogP contribution is -2.37. The zero-order valence-corrected chi connectivity index (χ0v) is 14.6. The highest BCUT2D eigenvalue weighted by Crippen LogP contribution is 2.10. The summed E-state index contributed by atoms with van der Waals surface area (Å²) in [6.07, 6.45) is 0.818. The number of aliphatic hydroxyl groups excluding tert-OH is 1. The van der Waals surface area contributed by atoms with Gasteiger partial charge in [0.05, 0.1) is 4.90 Å². The maximum absolute atomic E-state index is 12.0. The van der Waals surface area contributed by atoms with Gasteiger partial charge in [0.1, 0.15) is 5.76 Å². The van der Waals surface area contributed by atoms with Crippen molar-refractivity contribution in [3.63, 3.8) is 0 Å². The Bertz CT molecular complexity index is 894. The van der Waals surface area contributed by atoms with Gasteiger partial charge in [-0.1, -0.05) is 48.5 Å². The summed E-state index contributed by atoms with van der Waals surface area (Å²) < 4.78 is 26.3. The molecule has 0 aliphatic carbocycles. The van der Waals surface area contributed by atoms with Crippen LogP contribution in [0.5, 0.6) is 0 Å². The fourth-order valence-corrected chi connectivity index (χ4v) is 3.07. The normalized spacial score (nSPS) is 11.8. The van der Waals surface area contributed by atoms with Crippen LogP contribution in [0.2, 0.25) is 0 Å². The van der Waals surface area contributed by atoms with E-state index in [1.165, 1.54) is 12.1 Å². The Kier molecular flexibility index (Phi) is 6.65. The van der Waals surface area contributed by atoms with Gasteiger partial charge in [0.15, 0.2) is 0 Å². The van der Waals surface area contributed by atoms with Crippen LogP contribution >= 0.6 is 0 Å². The first-order chi connectivity index (χ1) is 12.4. The SMILES string of the molecule is O=C(/C=C(\O)c1ccccc1)C(=O)NCCNS(=O)(=O)c1ccccc1. The van der Waals surface area contributed by atoms with Crippen molar-refractivity contribution in [1.29, 1.82) is 0 Å². The smallest absolute Gasteiger partial charge is 0.291 e. The molecular formula is C18H18N2O5S. The Balaban J connectivity index is 1.82. The van der Waals surface area contributed by atoms with Crippen LogP contribution in [0.4, 0.5) is 0 Å². The molecule has 0 bridgehead atoms. The van der Waals surface area contributed by atoms with Crippen LogP contribution in [-0.4, -0.2) is 38.3 Å². The minimum Gasteiger partial charge on any atom is -0.507 e. The predicted molar refractivity (Wildman–Crippen MR) is 96.7 cm³/mol. The number of nitrogens with one attached hydrogen (secondary N) is 2. The van der Waals surface area contributed by atoms with Gasteiger partial charge in [-0.25, -0.2) is 13.1 Å². The van der Waals surface area contributed by atoms with E-state index in [0.717, 1.165) is 6.08 Å². The Morgan fingerprint density at radius 3 is 2.12 bits per heavy atom. The first-order valence-electron chi connectivity index (χ1n) is 7.73.